The SMILES string of the molecule is CCCC(CCCCCCCCCCC(CCC(=O)O)OCc1ccccc1)OC(C)=O. The number of rotatable bonds is 20. The van der Waals surface area contributed by atoms with E-state index in [1.807, 2.05) is 30.3 Å². The summed E-state index contributed by atoms with van der Waals surface area (Å²) in [6.07, 6.45) is 14.3. The van der Waals surface area contributed by atoms with Crippen LogP contribution in [0.25, 0.3) is 0 Å². The molecule has 0 aliphatic heterocycles. The third-order valence-electron chi connectivity index (χ3n) is 5.75. The number of ether oxygens (including phenoxy) is 2. The van der Waals surface area contributed by atoms with E-state index in [2.05, 4.69) is 6.92 Å². The molecule has 5 nitrogen and oxygen atoms in total. The standard InChI is InChI=1S/C27H44O5/c1-3-15-26(32-23(2)28)19-14-9-7-5-4-6-8-13-18-25(20-21-27(29)30)31-22-24-16-11-10-12-17-24/h10-12,16-17,25-26H,3-9,13-15,18-22H2,1-2H3,(H,29,30). The maximum absolute atomic E-state index is 11.1. The molecule has 0 bridgehead atoms. The molecule has 2 atom stereocenters. The molecule has 0 saturated heterocycles. The fourth-order valence-electron chi connectivity index (χ4n) is 4.01. The van der Waals surface area contributed by atoms with Crippen LogP contribution in [-0.4, -0.2) is 29.3 Å². The van der Waals surface area contributed by atoms with Gasteiger partial charge in [-0.25, -0.2) is 0 Å². The third-order valence-corrected chi connectivity index (χ3v) is 5.75. The Morgan fingerprint density at radius 1 is 0.812 bits per heavy atom. The molecule has 2 unspecified atom stereocenters. The summed E-state index contributed by atoms with van der Waals surface area (Å²) < 4.78 is 11.4. The summed E-state index contributed by atoms with van der Waals surface area (Å²) in [5, 5.41) is 9.00. The molecule has 0 heterocycles. The normalized spacial score (nSPS) is 12.9. The van der Waals surface area contributed by atoms with Crippen molar-refractivity contribution < 1.29 is 24.2 Å². The lowest BCUT2D eigenvalue weighted by atomic mass is 10.0. The molecule has 0 aliphatic rings. The van der Waals surface area contributed by atoms with Crippen LogP contribution in [0.15, 0.2) is 30.3 Å². The van der Waals surface area contributed by atoms with Crippen molar-refractivity contribution in [1.82, 2.24) is 0 Å². The van der Waals surface area contributed by atoms with E-state index in [0.29, 0.717) is 13.0 Å². The lowest BCUT2D eigenvalue weighted by Crippen LogP contribution is -2.15. The van der Waals surface area contributed by atoms with E-state index >= 15 is 0 Å². The summed E-state index contributed by atoms with van der Waals surface area (Å²) in [7, 11) is 0. The monoisotopic (exact) mass is 448 g/mol. The van der Waals surface area contributed by atoms with Crippen LogP contribution in [0.3, 0.4) is 0 Å². The summed E-state index contributed by atoms with van der Waals surface area (Å²) in [5.74, 6) is -0.925. The number of esters is 1. The van der Waals surface area contributed by atoms with Crippen LogP contribution in [-0.2, 0) is 25.7 Å². The molecule has 1 aromatic rings. The number of carboxylic acid groups (broad SMARTS) is 1. The largest absolute Gasteiger partial charge is 0.481 e. The summed E-state index contributed by atoms with van der Waals surface area (Å²) in [4.78, 5) is 22.1. The average Bonchev–Trinajstić information content (AvgIpc) is 2.76. The summed E-state index contributed by atoms with van der Waals surface area (Å²) >= 11 is 0. The Morgan fingerprint density at radius 2 is 1.38 bits per heavy atom. The predicted molar refractivity (Wildman–Crippen MR) is 129 cm³/mol. The first-order valence-corrected chi connectivity index (χ1v) is 12.6. The Labute approximate surface area is 194 Å². The van der Waals surface area contributed by atoms with E-state index < -0.39 is 5.97 Å². The van der Waals surface area contributed by atoms with Crippen molar-refractivity contribution in [3.8, 4) is 0 Å². The second-order valence-electron chi connectivity index (χ2n) is 8.78. The molecule has 0 radical (unpaired) electrons. The van der Waals surface area contributed by atoms with Crippen LogP contribution in [0, 0.1) is 0 Å². The van der Waals surface area contributed by atoms with Crippen molar-refractivity contribution in [1.29, 1.82) is 0 Å². The lowest BCUT2D eigenvalue weighted by molar-refractivity contribution is -0.147. The van der Waals surface area contributed by atoms with Crippen LogP contribution >= 0.6 is 0 Å². The van der Waals surface area contributed by atoms with Crippen LogP contribution in [0.4, 0.5) is 0 Å². The van der Waals surface area contributed by atoms with Gasteiger partial charge in [0.25, 0.3) is 0 Å². The fraction of sp³-hybridized carbons (Fsp3) is 0.704. The number of hydrogen-bond acceptors (Lipinski definition) is 4. The molecule has 0 aromatic heterocycles. The van der Waals surface area contributed by atoms with Gasteiger partial charge in [0.05, 0.1) is 12.7 Å². The summed E-state index contributed by atoms with van der Waals surface area (Å²) in [6, 6.07) is 10.0. The molecule has 1 N–H and O–H groups in total. The van der Waals surface area contributed by atoms with E-state index in [9.17, 15) is 9.59 Å². The Morgan fingerprint density at radius 3 is 1.91 bits per heavy atom. The number of hydrogen-bond donors (Lipinski definition) is 1. The smallest absolute Gasteiger partial charge is 0.303 e. The van der Waals surface area contributed by atoms with Crippen LogP contribution < -0.4 is 0 Å². The molecule has 5 heteroatoms. The molecular formula is C27H44O5. The van der Waals surface area contributed by atoms with Gasteiger partial charge in [0, 0.05) is 13.3 Å². The first-order valence-electron chi connectivity index (χ1n) is 12.6. The van der Waals surface area contributed by atoms with Gasteiger partial charge in [0.2, 0.25) is 0 Å². The molecule has 0 spiro atoms. The highest BCUT2D eigenvalue weighted by Gasteiger charge is 2.12. The molecule has 0 saturated carbocycles. The maximum atomic E-state index is 11.1. The quantitative estimate of drug-likeness (QED) is 0.171. The second kappa shape index (κ2) is 18.7. The van der Waals surface area contributed by atoms with Gasteiger partial charge in [-0.3, -0.25) is 9.59 Å². The molecule has 182 valence electrons. The minimum atomic E-state index is -0.757. The van der Waals surface area contributed by atoms with Gasteiger partial charge >= 0.3 is 11.9 Å². The molecule has 0 aliphatic carbocycles. The van der Waals surface area contributed by atoms with Gasteiger partial charge in [0.1, 0.15) is 6.10 Å². The minimum Gasteiger partial charge on any atom is -0.481 e. The summed E-state index contributed by atoms with van der Waals surface area (Å²) in [5.41, 5.74) is 1.13. The lowest BCUT2D eigenvalue weighted by Gasteiger charge is -2.17. The van der Waals surface area contributed by atoms with Gasteiger partial charge in [-0.05, 0) is 37.7 Å². The van der Waals surface area contributed by atoms with Crippen molar-refractivity contribution in [3.05, 3.63) is 35.9 Å². The first-order chi connectivity index (χ1) is 15.5. The summed E-state index contributed by atoms with van der Waals surface area (Å²) in [6.45, 7) is 4.16. The highest BCUT2D eigenvalue weighted by atomic mass is 16.5. The second-order valence-corrected chi connectivity index (χ2v) is 8.78. The zero-order valence-corrected chi connectivity index (χ0v) is 20.2. The number of carboxylic acids is 1. The molecular weight excluding hydrogens is 404 g/mol. The van der Waals surface area contributed by atoms with Crippen LogP contribution in [0.1, 0.15) is 109 Å². The number of carbonyl (C=O) groups is 2. The molecule has 0 amide bonds. The molecule has 32 heavy (non-hydrogen) atoms. The third kappa shape index (κ3) is 15.9. The van der Waals surface area contributed by atoms with Gasteiger partial charge in [-0.15, -0.1) is 0 Å². The number of benzene rings is 1. The first kappa shape index (κ1) is 28.2. The van der Waals surface area contributed by atoms with Crippen molar-refractivity contribution >= 4 is 11.9 Å². The van der Waals surface area contributed by atoms with Gasteiger partial charge in [-0.1, -0.05) is 88.6 Å². The van der Waals surface area contributed by atoms with Crippen molar-refractivity contribution in [3.63, 3.8) is 0 Å². The van der Waals surface area contributed by atoms with E-state index in [-0.39, 0.29) is 24.6 Å². The van der Waals surface area contributed by atoms with Crippen molar-refractivity contribution in [2.24, 2.45) is 0 Å². The average molecular weight is 449 g/mol. The Bertz CT molecular complexity index is 601. The Balaban J connectivity index is 2.09. The zero-order chi connectivity index (χ0) is 23.4. The maximum Gasteiger partial charge on any atom is 0.303 e. The Hall–Kier alpha value is -1.88. The van der Waals surface area contributed by atoms with E-state index in [4.69, 9.17) is 14.6 Å². The number of aliphatic carboxylic acids is 1. The fourth-order valence-corrected chi connectivity index (χ4v) is 4.01. The number of carbonyl (C=O) groups excluding carboxylic acids is 1. The zero-order valence-electron chi connectivity index (χ0n) is 20.2. The Kier molecular flexibility index (Phi) is 16.4. The molecule has 0 fully saturated rings. The van der Waals surface area contributed by atoms with Crippen molar-refractivity contribution in [2.45, 2.75) is 123 Å². The highest BCUT2D eigenvalue weighted by molar-refractivity contribution is 5.66. The topological polar surface area (TPSA) is 72.8 Å². The number of unbranched alkanes of at least 4 members (excludes halogenated alkanes) is 7. The van der Waals surface area contributed by atoms with E-state index in [1.54, 1.807) is 0 Å². The van der Waals surface area contributed by atoms with Gasteiger partial charge in [0.15, 0.2) is 0 Å². The predicted octanol–water partition coefficient (Wildman–Crippen LogP) is 7.07. The minimum absolute atomic E-state index is 0.0135. The molecule has 1 rings (SSSR count). The van der Waals surface area contributed by atoms with Gasteiger partial charge in [-0.2, -0.15) is 0 Å². The van der Waals surface area contributed by atoms with E-state index in [0.717, 1.165) is 44.1 Å². The van der Waals surface area contributed by atoms with Gasteiger partial charge < -0.3 is 14.6 Å². The van der Waals surface area contributed by atoms with E-state index in [1.165, 1.54) is 45.4 Å². The highest BCUT2D eigenvalue weighted by Crippen LogP contribution is 2.18. The molecule has 1 aromatic carbocycles. The van der Waals surface area contributed by atoms with Crippen molar-refractivity contribution in [2.75, 3.05) is 0 Å². The van der Waals surface area contributed by atoms with Crippen LogP contribution in [0.5, 0.6) is 0 Å². The van der Waals surface area contributed by atoms with Crippen LogP contribution in [0.2, 0.25) is 0 Å².